The molecule has 0 spiro atoms. The van der Waals surface area contributed by atoms with Crippen LogP contribution in [0.15, 0.2) is 30.6 Å². The number of nitrogens with zero attached hydrogens (tertiary/aromatic N) is 4. The van der Waals surface area contributed by atoms with Gasteiger partial charge in [-0.05, 0) is 29.5 Å². The molecule has 2 aromatic rings. The SMILES string of the molecule is NC(=O)OC(COc1ccc(Cl)cc1)Cn1ncnn1. The van der Waals surface area contributed by atoms with Crippen molar-refractivity contribution in [1.29, 1.82) is 0 Å². The van der Waals surface area contributed by atoms with Gasteiger partial charge in [-0.2, -0.15) is 4.80 Å². The minimum Gasteiger partial charge on any atom is -0.490 e. The molecule has 2 rings (SSSR count). The minimum absolute atomic E-state index is 0.103. The first-order chi connectivity index (χ1) is 9.63. The number of amides is 1. The average Bonchev–Trinajstić information content (AvgIpc) is 2.90. The van der Waals surface area contributed by atoms with Crippen LogP contribution in [0.3, 0.4) is 0 Å². The topological polar surface area (TPSA) is 105 Å². The van der Waals surface area contributed by atoms with Crippen LogP contribution in [-0.4, -0.2) is 39.0 Å². The van der Waals surface area contributed by atoms with E-state index in [1.165, 1.54) is 11.1 Å². The molecule has 106 valence electrons. The fraction of sp³-hybridized carbons (Fsp3) is 0.273. The van der Waals surface area contributed by atoms with E-state index in [1.807, 2.05) is 0 Å². The van der Waals surface area contributed by atoms with Crippen LogP contribution in [0.1, 0.15) is 0 Å². The molecule has 0 bridgehead atoms. The molecule has 1 amide bonds. The number of halogens is 1. The maximum atomic E-state index is 10.9. The lowest BCUT2D eigenvalue weighted by molar-refractivity contribution is 0.0560. The molecule has 1 aromatic carbocycles. The number of hydrogen-bond donors (Lipinski definition) is 1. The molecule has 0 fully saturated rings. The number of rotatable bonds is 6. The van der Waals surface area contributed by atoms with Gasteiger partial charge in [-0.1, -0.05) is 11.6 Å². The lowest BCUT2D eigenvalue weighted by Gasteiger charge is -2.16. The van der Waals surface area contributed by atoms with E-state index in [4.69, 9.17) is 26.8 Å². The molecular weight excluding hydrogens is 286 g/mol. The van der Waals surface area contributed by atoms with Gasteiger partial charge in [0, 0.05) is 5.02 Å². The van der Waals surface area contributed by atoms with E-state index in [0.717, 1.165) is 0 Å². The van der Waals surface area contributed by atoms with E-state index in [2.05, 4.69) is 15.4 Å². The third-order valence-electron chi connectivity index (χ3n) is 2.29. The predicted octanol–water partition coefficient (Wildman–Crippen LogP) is 0.869. The molecule has 0 aliphatic rings. The number of nitrogens with two attached hydrogens (primary N) is 1. The van der Waals surface area contributed by atoms with Gasteiger partial charge in [0.15, 0.2) is 12.4 Å². The van der Waals surface area contributed by atoms with E-state index in [1.54, 1.807) is 24.3 Å². The molecule has 0 radical (unpaired) electrons. The van der Waals surface area contributed by atoms with Crippen molar-refractivity contribution in [2.45, 2.75) is 12.6 Å². The number of carbonyl (C=O) groups excluding carboxylic acids is 1. The summed E-state index contributed by atoms with van der Waals surface area (Å²) in [6.07, 6.45) is -0.242. The van der Waals surface area contributed by atoms with Crippen LogP contribution < -0.4 is 10.5 Å². The summed E-state index contributed by atoms with van der Waals surface area (Å²) < 4.78 is 10.4. The summed E-state index contributed by atoms with van der Waals surface area (Å²) in [7, 11) is 0. The van der Waals surface area contributed by atoms with Crippen molar-refractivity contribution >= 4 is 17.7 Å². The summed E-state index contributed by atoms with van der Waals surface area (Å²) in [5.74, 6) is 0.596. The maximum absolute atomic E-state index is 10.9. The standard InChI is InChI=1S/C11H12ClN5O3/c12-8-1-3-9(4-2-8)19-6-10(20-11(13)18)5-17-15-7-14-16-17/h1-4,7,10H,5-6H2,(H2,13,18). The molecule has 0 saturated heterocycles. The highest BCUT2D eigenvalue weighted by Crippen LogP contribution is 2.16. The smallest absolute Gasteiger partial charge is 0.404 e. The third kappa shape index (κ3) is 4.39. The van der Waals surface area contributed by atoms with Crippen LogP contribution in [0.25, 0.3) is 0 Å². The first-order valence-corrected chi connectivity index (χ1v) is 6.06. The first kappa shape index (κ1) is 14.1. The summed E-state index contributed by atoms with van der Waals surface area (Å²) in [6, 6.07) is 6.80. The molecule has 20 heavy (non-hydrogen) atoms. The van der Waals surface area contributed by atoms with Crippen LogP contribution in [0.4, 0.5) is 4.79 Å². The lowest BCUT2D eigenvalue weighted by atomic mass is 10.3. The van der Waals surface area contributed by atoms with Gasteiger partial charge >= 0.3 is 6.09 Å². The molecule has 1 atom stereocenters. The molecule has 0 aliphatic carbocycles. The molecule has 0 saturated carbocycles. The molecular formula is C11H12ClN5O3. The van der Waals surface area contributed by atoms with Gasteiger partial charge in [0.05, 0.1) is 0 Å². The van der Waals surface area contributed by atoms with E-state index >= 15 is 0 Å². The number of tetrazole rings is 1. The zero-order valence-electron chi connectivity index (χ0n) is 10.3. The molecule has 8 nitrogen and oxygen atoms in total. The van der Waals surface area contributed by atoms with Crippen molar-refractivity contribution in [1.82, 2.24) is 20.2 Å². The van der Waals surface area contributed by atoms with Crippen LogP contribution in [0.2, 0.25) is 5.02 Å². The lowest BCUT2D eigenvalue weighted by Crippen LogP contribution is -2.32. The Balaban J connectivity index is 1.93. The zero-order chi connectivity index (χ0) is 14.4. The fourth-order valence-electron chi connectivity index (χ4n) is 1.46. The molecule has 1 heterocycles. The van der Waals surface area contributed by atoms with Crippen molar-refractivity contribution in [3.05, 3.63) is 35.6 Å². The van der Waals surface area contributed by atoms with Crippen LogP contribution in [0, 0.1) is 0 Å². The third-order valence-corrected chi connectivity index (χ3v) is 2.54. The van der Waals surface area contributed by atoms with E-state index in [0.29, 0.717) is 10.8 Å². The highest BCUT2D eigenvalue weighted by atomic mass is 35.5. The van der Waals surface area contributed by atoms with Gasteiger partial charge in [-0.3, -0.25) is 0 Å². The predicted molar refractivity (Wildman–Crippen MR) is 69.2 cm³/mol. The first-order valence-electron chi connectivity index (χ1n) is 5.68. The zero-order valence-corrected chi connectivity index (χ0v) is 11.1. The monoisotopic (exact) mass is 297 g/mol. The van der Waals surface area contributed by atoms with Gasteiger partial charge in [0.25, 0.3) is 0 Å². The maximum Gasteiger partial charge on any atom is 0.404 e. The Bertz CT molecular complexity index is 546. The molecule has 9 heteroatoms. The highest BCUT2D eigenvalue weighted by molar-refractivity contribution is 6.30. The molecule has 0 aliphatic heterocycles. The van der Waals surface area contributed by atoms with Crippen LogP contribution in [0.5, 0.6) is 5.75 Å². The van der Waals surface area contributed by atoms with E-state index < -0.39 is 12.2 Å². The minimum atomic E-state index is -0.894. The Morgan fingerprint density at radius 2 is 2.15 bits per heavy atom. The fourth-order valence-corrected chi connectivity index (χ4v) is 1.59. The van der Waals surface area contributed by atoms with Gasteiger partial charge in [-0.15, -0.1) is 10.2 Å². The number of carbonyl (C=O) groups is 1. The number of hydrogen-bond acceptors (Lipinski definition) is 6. The quantitative estimate of drug-likeness (QED) is 0.848. The Morgan fingerprint density at radius 3 is 2.75 bits per heavy atom. The highest BCUT2D eigenvalue weighted by Gasteiger charge is 2.15. The van der Waals surface area contributed by atoms with E-state index in [9.17, 15) is 4.79 Å². The number of benzene rings is 1. The Morgan fingerprint density at radius 1 is 1.40 bits per heavy atom. The second-order valence-electron chi connectivity index (χ2n) is 3.81. The summed E-state index contributed by atoms with van der Waals surface area (Å²) in [5.41, 5.74) is 5.01. The van der Waals surface area contributed by atoms with E-state index in [-0.39, 0.29) is 13.2 Å². The second-order valence-corrected chi connectivity index (χ2v) is 4.25. The molecule has 1 unspecified atom stereocenters. The van der Waals surface area contributed by atoms with Crippen molar-refractivity contribution in [3.63, 3.8) is 0 Å². The number of primary amides is 1. The van der Waals surface area contributed by atoms with Crippen LogP contribution >= 0.6 is 11.6 Å². The number of aromatic nitrogens is 4. The summed E-state index contributed by atoms with van der Waals surface area (Å²) in [5, 5.41) is 11.7. The van der Waals surface area contributed by atoms with Crippen molar-refractivity contribution in [2.24, 2.45) is 5.73 Å². The average molecular weight is 298 g/mol. The molecule has 2 N–H and O–H groups in total. The van der Waals surface area contributed by atoms with Gasteiger partial charge in [0.2, 0.25) is 0 Å². The van der Waals surface area contributed by atoms with Gasteiger partial charge in [-0.25, -0.2) is 4.79 Å². The van der Waals surface area contributed by atoms with Crippen molar-refractivity contribution in [2.75, 3.05) is 6.61 Å². The van der Waals surface area contributed by atoms with Crippen LogP contribution in [-0.2, 0) is 11.3 Å². The Hall–Kier alpha value is -2.35. The number of ether oxygens (including phenoxy) is 2. The largest absolute Gasteiger partial charge is 0.490 e. The Labute approximate surface area is 119 Å². The Kier molecular flexibility index (Phi) is 4.72. The summed E-state index contributed by atoms with van der Waals surface area (Å²) >= 11 is 5.77. The van der Waals surface area contributed by atoms with Crippen molar-refractivity contribution in [3.8, 4) is 5.75 Å². The summed E-state index contributed by atoms with van der Waals surface area (Å²) in [4.78, 5) is 12.1. The van der Waals surface area contributed by atoms with Gasteiger partial charge in [0.1, 0.15) is 18.9 Å². The second kappa shape index (κ2) is 6.71. The van der Waals surface area contributed by atoms with Crippen molar-refractivity contribution < 1.29 is 14.3 Å². The normalized spacial score (nSPS) is 11.8. The summed E-state index contributed by atoms with van der Waals surface area (Å²) in [6.45, 7) is 0.294. The molecule has 1 aromatic heterocycles. The van der Waals surface area contributed by atoms with Gasteiger partial charge < -0.3 is 15.2 Å².